The molecular formula is C11H14ClN3O2. The molecular weight excluding hydrogens is 242 g/mol. The van der Waals surface area contributed by atoms with Crippen LogP contribution in [0.3, 0.4) is 0 Å². The van der Waals surface area contributed by atoms with Crippen molar-refractivity contribution in [1.82, 2.24) is 0 Å². The molecule has 2 rings (SSSR count). The van der Waals surface area contributed by atoms with E-state index in [9.17, 15) is 10.1 Å². The van der Waals surface area contributed by atoms with Gasteiger partial charge in [-0.2, -0.15) is 0 Å². The fraction of sp³-hybridized carbons (Fsp3) is 0.455. The van der Waals surface area contributed by atoms with Gasteiger partial charge in [0.05, 0.1) is 4.92 Å². The summed E-state index contributed by atoms with van der Waals surface area (Å²) >= 11 is 5.90. The highest BCUT2D eigenvalue weighted by molar-refractivity contribution is 6.31. The summed E-state index contributed by atoms with van der Waals surface area (Å²) in [5.41, 5.74) is 6.54. The Labute approximate surface area is 104 Å². The summed E-state index contributed by atoms with van der Waals surface area (Å²) < 4.78 is 0. The monoisotopic (exact) mass is 255 g/mol. The Morgan fingerprint density at radius 2 is 2.29 bits per heavy atom. The molecule has 17 heavy (non-hydrogen) atoms. The Balaban J connectivity index is 2.35. The average Bonchev–Trinajstić information content (AvgIpc) is 2.28. The molecule has 92 valence electrons. The molecule has 5 nitrogen and oxygen atoms in total. The van der Waals surface area contributed by atoms with Crippen molar-refractivity contribution in [1.29, 1.82) is 0 Å². The minimum Gasteiger partial charge on any atom is -0.364 e. The van der Waals surface area contributed by atoms with Gasteiger partial charge in [-0.3, -0.25) is 10.1 Å². The van der Waals surface area contributed by atoms with Crippen LogP contribution in [0.15, 0.2) is 18.2 Å². The zero-order chi connectivity index (χ0) is 12.4. The number of hydrogen-bond donors (Lipinski definition) is 1. The first-order chi connectivity index (χ1) is 8.08. The highest BCUT2D eigenvalue weighted by Gasteiger charge is 2.23. The normalized spacial score (nSPS) is 20.4. The highest BCUT2D eigenvalue weighted by atomic mass is 35.5. The number of benzene rings is 1. The van der Waals surface area contributed by atoms with E-state index in [1.165, 1.54) is 12.1 Å². The van der Waals surface area contributed by atoms with Crippen molar-refractivity contribution in [2.45, 2.75) is 18.9 Å². The van der Waals surface area contributed by atoms with E-state index in [1.807, 2.05) is 4.90 Å². The molecule has 1 aromatic carbocycles. The Kier molecular flexibility index (Phi) is 3.49. The van der Waals surface area contributed by atoms with Gasteiger partial charge < -0.3 is 10.6 Å². The van der Waals surface area contributed by atoms with Gasteiger partial charge in [0.1, 0.15) is 5.69 Å². The van der Waals surface area contributed by atoms with Gasteiger partial charge in [0.15, 0.2) is 0 Å². The number of rotatable bonds is 2. The first-order valence-electron chi connectivity index (χ1n) is 5.52. The van der Waals surface area contributed by atoms with Crippen molar-refractivity contribution in [3.63, 3.8) is 0 Å². The maximum absolute atomic E-state index is 11.0. The van der Waals surface area contributed by atoms with Gasteiger partial charge in [-0.25, -0.2) is 0 Å². The lowest BCUT2D eigenvalue weighted by atomic mass is 10.1. The summed E-state index contributed by atoms with van der Waals surface area (Å²) in [5.74, 6) is 0. The zero-order valence-corrected chi connectivity index (χ0v) is 10.1. The number of nitrogens with zero attached hydrogens (tertiary/aromatic N) is 2. The molecule has 0 aromatic heterocycles. The van der Waals surface area contributed by atoms with E-state index < -0.39 is 0 Å². The predicted molar refractivity (Wildman–Crippen MR) is 67.5 cm³/mol. The van der Waals surface area contributed by atoms with Crippen molar-refractivity contribution in [2.75, 3.05) is 18.0 Å². The highest BCUT2D eigenvalue weighted by Crippen LogP contribution is 2.32. The van der Waals surface area contributed by atoms with Crippen molar-refractivity contribution >= 4 is 23.0 Å². The molecule has 0 spiro atoms. The lowest BCUT2D eigenvalue weighted by Crippen LogP contribution is -2.43. The van der Waals surface area contributed by atoms with E-state index in [4.69, 9.17) is 17.3 Å². The molecule has 0 radical (unpaired) electrons. The second-order valence-corrected chi connectivity index (χ2v) is 4.67. The van der Waals surface area contributed by atoms with Crippen LogP contribution in [0.25, 0.3) is 0 Å². The van der Waals surface area contributed by atoms with Crippen LogP contribution < -0.4 is 10.6 Å². The van der Waals surface area contributed by atoms with Crippen LogP contribution in [0.1, 0.15) is 12.8 Å². The third-order valence-corrected chi connectivity index (χ3v) is 3.17. The zero-order valence-electron chi connectivity index (χ0n) is 9.30. The lowest BCUT2D eigenvalue weighted by Gasteiger charge is -2.32. The Morgan fingerprint density at radius 1 is 1.53 bits per heavy atom. The maximum Gasteiger partial charge on any atom is 0.292 e. The molecule has 0 saturated carbocycles. The van der Waals surface area contributed by atoms with Crippen LogP contribution in [0.5, 0.6) is 0 Å². The van der Waals surface area contributed by atoms with E-state index in [0.717, 1.165) is 19.4 Å². The second-order valence-electron chi connectivity index (χ2n) is 4.24. The van der Waals surface area contributed by atoms with Crippen LogP contribution in [0.2, 0.25) is 5.02 Å². The first kappa shape index (κ1) is 12.1. The smallest absolute Gasteiger partial charge is 0.292 e. The Hall–Kier alpha value is -1.33. The Bertz CT molecular complexity index is 439. The van der Waals surface area contributed by atoms with Crippen LogP contribution in [-0.2, 0) is 0 Å². The topological polar surface area (TPSA) is 72.4 Å². The van der Waals surface area contributed by atoms with Gasteiger partial charge >= 0.3 is 0 Å². The number of nitrogens with two attached hydrogens (primary N) is 1. The van der Waals surface area contributed by atoms with Gasteiger partial charge in [0, 0.05) is 30.2 Å². The van der Waals surface area contributed by atoms with Crippen LogP contribution in [-0.4, -0.2) is 24.1 Å². The molecule has 1 aromatic rings. The summed E-state index contributed by atoms with van der Waals surface area (Å²) in [5, 5.41) is 11.5. The molecule has 1 heterocycles. The van der Waals surface area contributed by atoms with Crippen LogP contribution >= 0.6 is 11.6 Å². The third kappa shape index (κ3) is 2.68. The molecule has 0 aliphatic carbocycles. The van der Waals surface area contributed by atoms with E-state index >= 15 is 0 Å². The van der Waals surface area contributed by atoms with Crippen LogP contribution in [0.4, 0.5) is 11.4 Å². The lowest BCUT2D eigenvalue weighted by molar-refractivity contribution is -0.384. The Morgan fingerprint density at radius 3 is 2.94 bits per heavy atom. The fourth-order valence-corrected chi connectivity index (χ4v) is 2.30. The fourth-order valence-electron chi connectivity index (χ4n) is 2.13. The molecule has 1 aliphatic rings. The summed E-state index contributed by atoms with van der Waals surface area (Å²) in [4.78, 5) is 12.5. The van der Waals surface area contributed by atoms with Gasteiger partial charge in [-0.15, -0.1) is 0 Å². The van der Waals surface area contributed by atoms with Gasteiger partial charge in [-0.1, -0.05) is 11.6 Å². The van der Waals surface area contributed by atoms with Crippen molar-refractivity contribution in [2.24, 2.45) is 5.73 Å². The van der Waals surface area contributed by atoms with E-state index in [1.54, 1.807) is 6.07 Å². The number of hydrogen-bond acceptors (Lipinski definition) is 4. The number of piperidine rings is 1. The predicted octanol–water partition coefficient (Wildman–Crippen LogP) is 2.18. The maximum atomic E-state index is 11.0. The largest absolute Gasteiger partial charge is 0.364 e. The van der Waals surface area contributed by atoms with E-state index in [0.29, 0.717) is 17.3 Å². The summed E-state index contributed by atoms with van der Waals surface area (Å²) in [6.07, 6.45) is 1.91. The number of anilines is 1. The molecule has 0 amide bonds. The average molecular weight is 256 g/mol. The molecule has 1 aliphatic heterocycles. The van der Waals surface area contributed by atoms with Gasteiger partial charge in [0.25, 0.3) is 5.69 Å². The van der Waals surface area contributed by atoms with Crippen molar-refractivity contribution in [3.05, 3.63) is 33.3 Å². The molecule has 0 unspecified atom stereocenters. The second kappa shape index (κ2) is 4.89. The molecule has 2 N–H and O–H groups in total. The summed E-state index contributed by atoms with van der Waals surface area (Å²) in [6.45, 7) is 1.43. The summed E-state index contributed by atoms with van der Waals surface area (Å²) in [6, 6.07) is 4.69. The number of halogens is 1. The minimum absolute atomic E-state index is 0.0716. The van der Waals surface area contributed by atoms with Gasteiger partial charge in [0.2, 0.25) is 0 Å². The molecule has 1 atom stereocenters. The molecule has 1 saturated heterocycles. The number of nitro groups is 1. The van der Waals surface area contributed by atoms with E-state index in [2.05, 4.69) is 0 Å². The standard InChI is InChI=1S/C11H14ClN3O2/c12-8-3-4-10(15(16)17)11(6-8)14-5-1-2-9(13)7-14/h3-4,6,9H,1-2,5,7,13H2/t9-/m1/s1. The quantitative estimate of drug-likeness (QED) is 0.649. The van der Waals surface area contributed by atoms with Crippen molar-refractivity contribution in [3.8, 4) is 0 Å². The minimum atomic E-state index is -0.383. The summed E-state index contributed by atoms with van der Waals surface area (Å²) in [7, 11) is 0. The van der Waals surface area contributed by atoms with Gasteiger partial charge in [-0.05, 0) is 25.0 Å². The van der Waals surface area contributed by atoms with E-state index in [-0.39, 0.29) is 16.7 Å². The number of nitro benzene ring substituents is 1. The molecule has 0 bridgehead atoms. The SMILES string of the molecule is N[C@@H]1CCCN(c2cc(Cl)ccc2[N+](=O)[O-])C1. The third-order valence-electron chi connectivity index (χ3n) is 2.93. The molecule has 1 fully saturated rings. The first-order valence-corrected chi connectivity index (χ1v) is 5.90. The van der Waals surface area contributed by atoms with Crippen LogP contribution in [0, 0.1) is 10.1 Å². The molecule has 6 heteroatoms. The van der Waals surface area contributed by atoms with Crippen molar-refractivity contribution < 1.29 is 4.92 Å².